The maximum absolute atomic E-state index is 12.7. The molecule has 0 fully saturated rings. The number of methoxy groups -OCH3 is 1. The monoisotopic (exact) mass is 397 g/mol. The summed E-state index contributed by atoms with van der Waals surface area (Å²) in [6.45, 7) is 0. The molecular weight excluding hydrogens is 387 g/mol. The summed E-state index contributed by atoms with van der Waals surface area (Å²) in [7, 11) is -2.13. The van der Waals surface area contributed by atoms with E-state index >= 15 is 0 Å². The second kappa shape index (κ2) is 6.56. The van der Waals surface area contributed by atoms with E-state index in [0.717, 1.165) is 19.3 Å². The average Bonchev–Trinajstić information content (AvgIpc) is 2.89. The summed E-state index contributed by atoms with van der Waals surface area (Å²) in [5.41, 5.74) is -0.711. The van der Waals surface area contributed by atoms with Gasteiger partial charge in [0.15, 0.2) is 0 Å². The molecule has 1 amide bonds. The highest BCUT2D eigenvalue weighted by atomic mass is 35.5. The van der Waals surface area contributed by atoms with Gasteiger partial charge < -0.3 is 9.30 Å². The van der Waals surface area contributed by atoms with Gasteiger partial charge in [0, 0.05) is 19.3 Å². The molecule has 0 radical (unpaired) electrons. The molecule has 0 spiro atoms. The number of rotatable bonds is 4. The molecule has 2 aromatic rings. The summed E-state index contributed by atoms with van der Waals surface area (Å²) < 4.78 is 69.7. The van der Waals surface area contributed by atoms with Gasteiger partial charge in [-0.15, -0.1) is 0 Å². The van der Waals surface area contributed by atoms with Gasteiger partial charge in [-0.25, -0.2) is 18.1 Å². The van der Waals surface area contributed by atoms with E-state index in [1.807, 2.05) is 0 Å². The number of halogens is 4. The maximum atomic E-state index is 12.7. The smallest absolute Gasteiger partial charge is 0.449 e. The van der Waals surface area contributed by atoms with Crippen molar-refractivity contribution < 1.29 is 31.1 Å². The van der Waals surface area contributed by atoms with Crippen LogP contribution in [0, 0.1) is 0 Å². The molecule has 2 rings (SSSR count). The summed E-state index contributed by atoms with van der Waals surface area (Å²) in [5.74, 6) is -2.51. The van der Waals surface area contributed by atoms with E-state index in [-0.39, 0.29) is 10.8 Å². The van der Waals surface area contributed by atoms with Crippen molar-refractivity contribution in [2.75, 3.05) is 7.11 Å². The summed E-state index contributed by atoms with van der Waals surface area (Å²) >= 11 is 5.80. The molecule has 0 unspecified atom stereocenters. The predicted molar refractivity (Wildman–Crippen MR) is 80.9 cm³/mol. The van der Waals surface area contributed by atoms with Crippen LogP contribution in [0.3, 0.4) is 0 Å². The third-order valence-electron chi connectivity index (χ3n) is 3.02. The van der Waals surface area contributed by atoms with Gasteiger partial charge in [-0.2, -0.15) is 13.2 Å². The molecule has 0 aliphatic heterocycles. The topological polar surface area (TPSA) is 90.3 Å². The Kier molecular flexibility index (Phi) is 5.00. The average molecular weight is 398 g/mol. The second-order valence-electron chi connectivity index (χ2n) is 4.79. The fraction of sp³-hybridized carbons (Fsp3) is 0.231. The Balaban J connectivity index is 2.34. The molecule has 136 valence electrons. The van der Waals surface area contributed by atoms with Crippen LogP contribution in [-0.2, 0) is 23.2 Å². The maximum Gasteiger partial charge on any atom is 0.449 e. The molecule has 0 bridgehead atoms. The summed E-state index contributed by atoms with van der Waals surface area (Å²) in [5, 5.41) is -0.196. The van der Waals surface area contributed by atoms with Gasteiger partial charge in [0.1, 0.15) is 16.3 Å². The van der Waals surface area contributed by atoms with Crippen LogP contribution < -0.4 is 9.46 Å². The number of sulfonamides is 1. The lowest BCUT2D eigenvalue weighted by molar-refractivity contribution is -0.146. The van der Waals surface area contributed by atoms with Gasteiger partial charge in [-0.1, -0.05) is 11.6 Å². The number of carbonyl (C=O) groups is 1. The number of alkyl halides is 3. The largest absolute Gasteiger partial charge is 0.497 e. The van der Waals surface area contributed by atoms with Crippen LogP contribution in [0.2, 0.25) is 5.02 Å². The molecular formula is C13H11ClF3N3O4S. The Morgan fingerprint density at radius 2 is 2.00 bits per heavy atom. The van der Waals surface area contributed by atoms with Crippen LogP contribution in [0.1, 0.15) is 16.3 Å². The minimum absolute atomic E-state index is 0.161. The number of aryl methyl sites for hydroxylation is 1. The van der Waals surface area contributed by atoms with Crippen LogP contribution in [0.5, 0.6) is 5.75 Å². The first-order valence-corrected chi connectivity index (χ1v) is 8.33. The van der Waals surface area contributed by atoms with Crippen LogP contribution in [0.25, 0.3) is 0 Å². The molecule has 1 aromatic heterocycles. The van der Waals surface area contributed by atoms with Gasteiger partial charge in [-0.3, -0.25) is 4.79 Å². The van der Waals surface area contributed by atoms with E-state index in [0.29, 0.717) is 4.57 Å². The second-order valence-corrected chi connectivity index (χ2v) is 6.85. The fourth-order valence-electron chi connectivity index (χ4n) is 1.89. The normalized spacial score (nSPS) is 12.1. The van der Waals surface area contributed by atoms with Crippen molar-refractivity contribution in [3.05, 3.63) is 40.9 Å². The fourth-order valence-corrected chi connectivity index (χ4v) is 3.36. The predicted octanol–water partition coefficient (Wildman–Crippen LogP) is 2.22. The first-order valence-electron chi connectivity index (χ1n) is 6.47. The number of hydrogen-bond donors (Lipinski definition) is 1. The van der Waals surface area contributed by atoms with Gasteiger partial charge >= 0.3 is 6.18 Å². The quantitative estimate of drug-likeness (QED) is 0.854. The molecule has 0 saturated carbocycles. The van der Waals surface area contributed by atoms with Crippen LogP contribution >= 0.6 is 11.6 Å². The number of imidazole rings is 1. The van der Waals surface area contributed by atoms with Crippen molar-refractivity contribution >= 4 is 27.5 Å². The minimum Gasteiger partial charge on any atom is -0.497 e. The Morgan fingerprint density at radius 1 is 1.36 bits per heavy atom. The lowest BCUT2D eigenvalue weighted by atomic mass is 10.3. The van der Waals surface area contributed by atoms with Crippen molar-refractivity contribution in [3.8, 4) is 5.75 Å². The molecule has 0 saturated heterocycles. The molecule has 0 atom stereocenters. The number of benzene rings is 1. The Labute approximate surface area is 145 Å². The first-order chi connectivity index (χ1) is 11.5. The van der Waals surface area contributed by atoms with Crippen molar-refractivity contribution in [3.63, 3.8) is 0 Å². The Morgan fingerprint density at radius 3 is 2.52 bits per heavy atom. The van der Waals surface area contributed by atoms with Crippen molar-refractivity contribution in [1.29, 1.82) is 0 Å². The summed E-state index contributed by atoms with van der Waals surface area (Å²) in [4.78, 5) is 14.6. The van der Waals surface area contributed by atoms with E-state index in [9.17, 15) is 26.4 Å². The number of hydrogen-bond acceptors (Lipinski definition) is 5. The van der Waals surface area contributed by atoms with E-state index < -0.39 is 38.5 Å². The molecule has 1 aromatic carbocycles. The van der Waals surface area contributed by atoms with Crippen molar-refractivity contribution in [1.82, 2.24) is 14.3 Å². The Hall–Kier alpha value is -2.27. The zero-order valence-electron chi connectivity index (χ0n) is 12.8. The minimum atomic E-state index is -4.79. The molecule has 12 heteroatoms. The van der Waals surface area contributed by atoms with E-state index in [1.54, 1.807) is 4.72 Å². The van der Waals surface area contributed by atoms with E-state index in [2.05, 4.69) is 4.98 Å². The summed E-state index contributed by atoms with van der Waals surface area (Å²) in [6.07, 6.45) is -4.02. The SMILES string of the molecule is COc1ccc(Cl)c(S(=O)(=O)NC(=O)c2cn(C)c(C(F)(F)F)n2)c1. The number of amides is 1. The molecule has 1 N–H and O–H groups in total. The number of nitrogens with one attached hydrogen (secondary N) is 1. The Bertz CT molecular complexity index is 925. The number of ether oxygens (including phenoxy) is 1. The lowest BCUT2D eigenvalue weighted by Crippen LogP contribution is -2.31. The highest BCUT2D eigenvalue weighted by Gasteiger charge is 2.37. The molecule has 1 heterocycles. The summed E-state index contributed by atoms with van der Waals surface area (Å²) in [6, 6.07) is 3.71. The van der Waals surface area contributed by atoms with E-state index in [1.165, 1.54) is 19.2 Å². The molecule has 0 aliphatic rings. The number of carbonyl (C=O) groups excluding carboxylic acids is 1. The highest BCUT2D eigenvalue weighted by molar-refractivity contribution is 7.90. The molecule has 25 heavy (non-hydrogen) atoms. The third-order valence-corrected chi connectivity index (χ3v) is 4.83. The van der Waals surface area contributed by atoms with E-state index in [4.69, 9.17) is 16.3 Å². The molecule has 7 nitrogen and oxygen atoms in total. The van der Waals surface area contributed by atoms with Crippen molar-refractivity contribution in [2.24, 2.45) is 7.05 Å². The van der Waals surface area contributed by atoms with Gasteiger partial charge in [0.25, 0.3) is 15.9 Å². The van der Waals surface area contributed by atoms with Crippen LogP contribution in [-0.4, -0.2) is 31.0 Å². The van der Waals surface area contributed by atoms with Gasteiger partial charge in [-0.05, 0) is 12.1 Å². The highest BCUT2D eigenvalue weighted by Crippen LogP contribution is 2.28. The number of nitrogens with zero attached hydrogens (tertiary/aromatic N) is 2. The van der Waals surface area contributed by atoms with Gasteiger partial charge in [0.05, 0.1) is 12.1 Å². The third kappa shape index (κ3) is 4.04. The van der Waals surface area contributed by atoms with Crippen LogP contribution in [0.4, 0.5) is 13.2 Å². The van der Waals surface area contributed by atoms with Crippen LogP contribution in [0.15, 0.2) is 29.3 Å². The zero-order valence-corrected chi connectivity index (χ0v) is 14.3. The molecule has 0 aliphatic carbocycles. The van der Waals surface area contributed by atoms with Gasteiger partial charge in [0.2, 0.25) is 5.82 Å². The standard InChI is InChI=1S/C13H11ClF3N3O4S/c1-20-6-9(18-12(20)13(15,16)17)11(21)19-25(22,23)10-5-7(24-2)3-4-8(10)14/h3-6H,1-2H3,(H,19,21). The zero-order chi connectivity index (χ0) is 19.0. The van der Waals surface area contributed by atoms with Crippen molar-refractivity contribution in [2.45, 2.75) is 11.1 Å². The lowest BCUT2D eigenvalue weighted by Gasteiger charge is -2.09. The first kappa shape index (κ1) is 19.1. The number of aromatic nitrogens is 2.